The number of rotatable bonds is 2. The van der Waals surface area contributed by atoms with Crippen molar-refractivity contribution in [1.82, 2.24) is 5.32 Å². The second kappa shape index (κ2) is 4.27. The molecule has 0 aromatic rings. The molecule has 12 heavy (non-hydrogen) atoms. The topological polar surface area (TPSA) is 12.0 Å². The molecule has 72 valence electrons. The lowest BCUT2D eigenvalue weighted by atomic mass is 9.84. The highest BCUT2D eigenvalue weighted by molar-refractivity contribution is 4.72. The summed E-state index contributed by atoms with van der Waals surface area (Å²) in [5, 5.41) is 3.47. The minimum atomic E-state index is 0.525. The molecule has 0 saturated carbocycles. The molecule has 1 atom stereocenters. The van der Waals surface area contributed by atoms with Gasteiger partial charge in [-0.3, -0.25) is 0 Å². The average molecular weight is 169 g/mol. The molecule has 1 fully saturated rings. The molecule has 0 spiro atoms. The molecule has 0 amide bonds. The van der Waals surface area contributed by atoms with E-state index in [0.29, 0.717) is 5.41 Å². The van der Waals surface area contributed by atoms with Crippen molar-refractivity contribution >= 4 is 0 Å². The molecular weight excluding hydrogens is 146 g/mol. The normalized spacial score (nSPS) is 25.8. The van der Waals surface area contributed by atoms with E-state index in [0.717, 1.165) is 5.92 Å². The molecule has 1 N–H and O–H groups in total. The quantitative estimate of drug-likeness (QED) is 0.670. The third kappa shape index (κ3) is 4.10. The Labute approximate surface area is 76.9 Å². The maximum atomic E-state index is 3.47. The van der Waals surface area contributed by atoms with Crippen LogP contribution in [0, 0.1) is 11.3 Å². The van der Waals surface area contributed by atoms with Crippen LogP contribution in [0.1, 0.15) is 46.5 Å². The average Bonchev–Trinajstić information content (AvgIpc) is 2.02. The molecule has 1 saturated heterocycles. The molecule has 1 aliphatic rings. The lowest BCUT2D eigenvalue weighted by Gasteiger charge is -2.26. The second-order valence-corrected chi connectivity index (χ2v) is 5.31. The fourth-order valence-electron chi connectivity index (χ4n) is 1.81. The van der Waals surface area contributed by atoms with Crippen LogP contribution in [0.15, 0.2) is 0 Å². The van der Waals surface area contributed by atoms with Gasteiger partial charge in [0.2, 0.25) is 0 Å². The van der Waals surface area contributed by atoms with E-state index in [1.807, 2.05) is 0 Å². The summed E-state index contributed by atoms with van der Waals surface area (Å²) >= 11 is 0. The van der Waals surface area contributed by atoms with Gasteiger partial charge in [0.15, 0.2) is 0 Å². The van der Waals surface area contributed by atoms with Crippen molar-refractivity contribution in [2.24, 2.45) is 11.3 Å². The number of piperidine rings is 1. The molecule has 0 aromatic heterocycles. The van der Waals surface area contributed by atoms with Gasteiger partial charge in [0.05, 0.1) is 0 Å². The van der Waals surface area contributed by atoms with Gasteiger partial charge in [-0.2, -0.15) is 0 Å². The van der Waals surface area contributed by atoms with E-state index < -0.39 is 0 Å². The Morgan fingerprint density at radius 1 is 1.33 bits per heavy atom. The zero-order valence-corrected chi connectivity index (χ0v) is 8.82. The van der Waals surface area contributed by atoms with E-state index in [2.05, 4.69) is 26.1 Å². The summed E-state index contributed by atoms with van der Waals surface area (Å²) < 4.78 is 0. The van der Waals surface area contributed by atoms with E-state index >= 15 is 0 Å². The van der Waals surface area contributed by atoms with E-state index in [1.165, 1.54) is 38.8 Å². The number of hydrogen-bond donors (Lipinski definition) is 1. The number of hydrogen-bond acceptors (Lipinski definition) is 1. The molecule has 1 nitrogen and oxygen atoms in total. The lowest BCUT2D eigenvalue weighted by Crippen LogP contribution is -2.30. The van der Waals surface area contributed by atoms with E-state index in [1.54, 1.807) is 0 Å². The zero-order chi connectivity index (χ0) is 9.03. The Morgan fingerprint density at radius 2 is 2.08 bits per heavy atom. The van der Waals surface area contributed by atoms with Gasteiger partial charge in [-0.25, -0.2) is 0 Å². The van der Waals surface area contributed by atoms with Crippen molar-refractivity contribution in [3.05, 3.63) is 0 Å². The van der Waals surface area contributed by atoms with Crippen molar-refractivity contribution in [3.8, 4) is 0 Å². The van der Waals surface area contributed by atoms with Crippen LogP contribution in [-0.4, -0.2) is 13.1 Å². The minimum Gasteiger partial charge on any atom is -0.316 e. The first-order valence-electron chi connectivity index (χ1n) is 5.29. The summed E-state index contributed by atoms with van der Waals surface area (Å²) in [6.45, 7) is 9.51. The first-order chi connectivity index (χ1) is 5.58. The van der Waals surface area contributed by atoms with Gasteiger partial charge < -0.3 is 5.32 Å². The molecule has 1 heterocycles. The van der Waals surface area contributed by atoms with Crippen molar-refractivity contribution in [1.29, 1.82) is 0 Å². The van der Waals surface area contributed by atoms with Crippen molar-refractivity contribution in [2.75, 3.05) is 13.1 Å². The largest absolute Gasteiger partial charge is 0.316 e. The van der Waals surface area contributed by atoms with Crippen LogP contribution in [0.3, 0.4) is 0 Å². The van der Waals surface area contributed by atoms with Gasteiger partial charge in [-0.15, -0.1) is 0 Å². The van der Waals surface area contributed by atoms with Gasteiger partial charge in [0.1, 0.15) is 0 Å². The van der Waals surface area contributed by atoms with E-state index in [-0.39, 0.29) is 0 Å². The number of nitrogens with one attached hydrogen (secondary N) is 1. The molecule has 0 aromatic carbocycles. The molecule has 1 aliphatic heterocycles. The second-order valence-electron chi connectivity index (χ2n) is 5.31. The van der Waals surface area contributed by atoms with E-state index in [9.17, 15) is 0 Å². The molecule has 1 rings (SSSR count). The predicted molar refractivity (Wildman–Crippen MR) is 54.3 cm³/mol. The first-order valence-corrected chi connectivity index (χ1v) is 5.29. The SMILES string of the molecule is CC(C)(C)CCC1CCCNC1. The van der Waals surface area contributed by atoms with Crippen LogP contribution in [0.25, 0.3) is 0 Å². The predicted octanol–water partition coefficient (Wildman–Crippen LogP) is 2.81. The first kappa shape index (κ1) is 10.0. The molecule has 0 radical (unpaired) electrons. The molecule has 1 heteroatoms. The van der Waals surface area contributed by atoms with Gasteiger partial charge >= 0.3 is 0 Å². The van der Waals surface area contributed by atoms with E-state index in [4.69, 9.17) is 0 Å². The van der Waals surface area contributed by atoms with Crippen LogP contribution in [0.4, 0.5) is 0 Å². The van der Waals surface area contributed by atoms with Gasteiger partial charge in [0.25, 0.3) is 0 Å². The highest BCUT2D eigenvalue weighted by Crippen LogP contribution is 2.26. The monoisotopic (exact) mass is 169 g/mol. The summed E-state index contributed by atoms with van der Waals surface area (Å²) in [6.07, 6.45) is 5.62. The Hall–Kier alpha value is -0.0400. The lowest BCUT2D eigenvalue weighted by molar-refractivity contribution is 0.285. The van der Waals surface area contributed by atoms with Crippen molar-refractivity contribution in [3.63, 3.8) is 0 Å². The Bertz CT molecular complexity index is 117. The highest BCUT2D eigenvalue weighted by Gasteiger charge is 2.16. The highest BCUT2D eigenvalue weighted by atomic mass is 14.9. The maximum Gasteiger partial charge on any atom is -0.00205 e. The standard InChI is InChI=1S/C11H23N/c1-11(2,3)7-6-10-5-4-8-12-9-10/h10,12H,4-9H2,1-3H3. The fourth-order valence-corrected chi connectivity index (χ4v) is 1.81. The summed E-state index contributed by atoms with van der Waals surface area (Å²) in [5.74, 6) is 0.956. The van der Waals surface area contributed by atoms with Crippen LogP contribution in [0.2, 0.25) is 0 Å². The zero-order valence-electron chi connectivity index (χ0n) is 8.82. The van der Waals surface area contributed by atoms with Gasteiger partial charge in [-0.1, -0.05) is 20.8 Å². The van der Waals surface area contributed by atoms with Crippen LogP contribution in [-0.2, 0) is 0 Å². The summed E-state index contributed by atoms with van der Waals surface area (Å²) in [7, 11) is 0. The summed E-state index contributed by atoms with van der Waals surface area (Å²) in [6, 6.07) is 0. The van der Waals surface area contributed by atoms with Crippen LogP contribution >= 0.6 is 0 Å². The van der Waals surface area contributed by atoms with Crippen molar-refractivity contribution in [2.45, 2.75) is 46.5 Å². The fraction of sp³-hybridized carbons (Fsp3) is 1.00. The third-order valence-corrected chi connectivity index (χ3v) is 2.70. The molecule has 0 bridgehead atoms. The smallest absolute Gasteiger partial charge is 0.00205 e. The minimum absolute atomic E-state index is 0.525. The van der Waals surface area contributed by atoms with Crippen LogP contribution < -0.4 is 5.32 Å². The molecular formula is C11H23N. The summed E-state index contributed by atoms with van der Waals surface area (Å²) in [4.78, 5) is 0. The Morgan fingerprint density at radius 3 is 2.58 bits per heavy atom. The van der Waals surface area contributed by atoms with Crippen LogP contribution in [0.5, 0.6) is 0 Å². The Balaban J connectivity index is 2.13. The molecule has 0 aliphatic carbocycles. The molecule has 1 unspecified atom stereocenters. The summed E-state index contributed by atoms with van der Waals surface area (Å²) in [5.41, 5.74) is 0.525. The van der Waals surface area contributed by atoms with Gasteiger partial charge in [0, 0.05) is 0 Å². The van der Waals surface area contributed by atoms with Crippen molar-refractivity contribution < 1.29 is 0 Å². The third-order valence-electron chi connectivity index (χ3n) is 2.70. The maximum absolute atomic E-state index is 3.47. The Kier molecular flexibility index (Phi) is 3.57. The van der Waals surface area contributed by atoms with Gasteiger partial charge in [-0.05, 0) is 50.1 Å².